The molecule has 12 atom stereocenters. The predicted molar refractivity (Wildman–Crippen MR) is 129 cm³/mol. The zero-order valence-corrected chi connectivity index (χ0v) is 21.4. The monoisotopic (exact) mass is 464 g/mol. The third-order valence-electron chi connectivity index (χ3n) is 11.4. The Morgan fingerprint density at radius 1 is 0.970 bits per heavy atom. The normalized spacial score (nSPS) is 52.7. The van der Waals surface area contributed by atoms with Crippen LogP contribution in [0.15, 0.2) is 12.2 Å². The molecular formula is C28H48O5. The van der Waals surface area contributed by atoms with Gasteiger partial charge < -0.3 is 25.5 Å². The summed E-state index contributed by atoms with van der Waals surface area (Å²) in [5, 5.41) is 55.6. The average Bonchev–Trinajstić information content (AvgIpc) is 2.99. The van der Waals surface area contributed by atoms with Crippen LogP contribution < -0.4 is 0 Å². The van der Waals surface area contributed by atoms with Crippen LogP contribution in [0.2, 0.25) is 0 Å². The molecule has 5 heteroatoms. The highest BCUT2D eigenvalue weighted by atomic mass is 16.4. The molecule has 0 saturated heterocycles. The fourth-order valence-electron chi connectivity index (χ4n) is 9.29. The molecule has 4 fully saturated rings. The molecule has 0 bridgehead atoms. The summed E-state index contributed by atoms with van der Waals surface area (Å²) >= 11 is 0. The van der Waals surface area contributed by atoms with Crippen LogP contribution in [0, 0.1) is 46.3 Å². The second-order valence-electron chi connectivity index (χ2n) is 13.1. The maximum Gasteiger partial charge on any atom is 0.101 e. The van der Waals surface area contributed by atoms with Gasteiger partial charge in [0.05, 0.1) is 24.4 Å². The zero-order chi connectivity index (χ0) is 24.5. The summed E-state index contributed by atoms with van der Waals surface area (Å²) in [6.45, 7) is 15.2. The van der Waals surface area contributed by atoms with E-state index in [4.69, 9.17) is 0 Å². The molecule has 33 heavy (non-hydrogen) atoms. The van der Waals surface area contributed by atoms with Gasteiger partial charge in [-0.25, -0.2) is 0 Å². The molecular weight excluding hydrogens is 416 g/mol. The average molecular weight is 465 g/mol. The van der Waals surface area contributed by atoms with Crippen LogP contribution in [0.1, 0.15) is 86.0 Å². The molecule has 0 aromatic rings. The largest absolute Gasteiger partial charge is 0.393 e. The molecule has 0 aromatic carbocycles. The Labute approximate surface area is 200 Å². The van der Waals surface area contributed by atoms with Gasteiger partial charge in [-0.05, 0) is 85.9 Å². The van der Waals surface area contributed by atoms with E-state index in [0.29, 0.717) is 18.3 Å². The van der Waals surface area contributed by atoms with Crippen LogP contribution in [0.5, 0.6) is 0 Å². The summed E-state index contributed by atoms with van der Waals surface area (Å²) in [7, 11) is 0. The Morgan fingerprint density at radius 3 is 2.27 bits per heavy atom. The van der Waals surface area contributed by atoms with Gasteiger partial charge in [0.25, 0.3) is 0 Å². The highest BCUT2D eigenvalue weighted by Gasteiger charge is 2.70. The summed E-state index contributed by atoms with van der Waals surface area (Å²) in [5.41, 5.74) is -1.06. The Bertz CT molecular complexity index is 753. The van der Waals surface area contributed by atoms with Crippen molar-refractivity contribution in [1.82, 2.24) is 0 Å². The Morgan fingerprint density at radius 2 is 1.64 bits per heavy atom. The van der Waals surface area contributed by atoms with E-state index < -0.39 is 29.3 Å². The molecule has 5 N–H and O–H groups in total. The molecule has 4 rings (SSSR count). The minimum atomic E-state index is -1.47. The van der Waals surface area contributed by atoms with Gasteiger partial charge in [-0.1, -0.05) is 46.8 Å². The van der Waals surface area contributed by atoms with Crippen LogP contribution in [-0.2, 0) is 0 Å². The number of aliphatic hydroxyl groups excluding tert-OH is 4. The van der Waals surface area contributed by atoms with Crippen LogP contribution >= 0.6 is 0 Å². The lowest BCUT2D eigenvalue weighted by atomic mass is 9.41. The van der Waals surface area contributed by atoms with E-state index >= 15 is 0 Å². The summed E-state index contributed by atoms with van der Waals surface area (Å²) in [4.78, 5) is 0. The number of hydrogen-bond acceptors (Lipinski definition) is 5. The summed E-state index contributed by atoms with van der Waals surface area (Å²) in [5.74, 6) is 1.58. The van der Waals surface area contributed by atoms with E-state index in [1.807, 2.05) is 6.92 Å². The molecule has 4 aliphatic rings. The lowest BCUT2D eigenvalue weighted by molar-refractivity contribution is -0.294. The first-order valence-electron chi connectivity index (χ1n) is 13.4. The fraction of sp³-hybridized carbons (Fsp3) is 0.929. The van der Waals surface area contributed by atoms with E-state index in [-0.39, 0.29) is 48.0 Å². The minimum Gasteiger partial charge on any atom is -0.393 e. The first kappa shape index (κ1) is 25.6. The third kappa shape index (κ3) is 3.67. The van der Waals surface area contributed by atoms with Crippen molar-refractivity contribution < 1.29 is 25.5 Å². The van der Waals surface area contributed by atoms with Gasteiger partial charge in [0.2, 0.25) is 0 Å². The quantitative estimate of drug-likeness (QED) is 0.400. The van der Waals surface area contributed by atoms with Crippen molar-refractivity contribution in [3.63, 3.8) is 0 Å². The summed E-state index contributed by atoms with van der Waals surface area (Å²) < 4.78 is 0. The van der Waals surface area contributed by atoms with Gasteiger partial charge in [0.15, 0.2) is 0 Å². The number of fused-ring (bicyclic) bond motifs is 5. The van der Waals surface area contributed by atoms with Gasteiger partial charge in [0.1, 0.15) is 5.60 Å². The number of allylic oxidation sites excluding steroid dienone is 1. The first-order chi connectivity index (χ1) is 15.3. The van der Waals surface area contributed by atoms with E-state index in [0.717, 1.165) is 32.1 Å². The van der Waals surface area contributed by atoms with Crippen molar-refractivity contribution in [3.8, 4) is 0 Å². The van der Waals surface area contributed by atoms with Gasteiger partial charge in [0, 0.05) is 11.8 Å². The molecule has 4 aliphatic carbocycles. The lowest BCUT2D eigenvalue weighted by Crippen LogP contribution is -2.72. The Hall–Kier alpha value is -0.460. The molecule has 0 aromatic heterocycles. The third-order valence-corrected chi connectivity index (χ3v) is 11.4. The summed E-state index contributed by atoms with van der Waals surface area (Å²) in [6.07, 6.45) is 2.48. The van der Waals surface area contributed by atoms with Crippen molar-refractivity contribution in [2.24, 2.45) is 46.3 Å². The van der Waals surface area contributed by atoms with E-state index in [1.54, 1.807) is 0 Å². The van der Waals surface area contributed by atoms with Crippen molar-refractivity contribution in [2.45, 2.75) is 116 Å². The van der Waals surface area contributed by atoms with E-state index in [2.05, 4.69) is 34.3 Å². The van der Waals surface area contributed by atoms with Crippen molar-refractivity contribution in [2.75, 3.05) is 0 Å². The number of aliphatic hydroxyl groups is 5. The highest BCUT2D eigenvalue weighted by molar-refractivity contribution is 5.20. The molecule has 4 saturated carbocycles. The van der Waals surface area contributed by atoms with Crippen LogP contribution in [0.3, 0.4) is 0 Å². The van der Waals surface area contributed by atoms with Crippen molar-refractivity contribution >= 4 is 0 Å². The molecule has 190 valence electrons. The lowest BCUT2D eigenvalue weighted by Gasteiger charge is -2.66. The molecule has 5 unspecified atom stereocenters. The maximum absolute atomic E-state index is 11.6. The second-order valence-corrected chi connectivity index (χ2v) is 13.1. The molecule has 0 heterocycles. The van der Waals surface area contributed by atoms with Crippen molar-refractivity contribution in [3.05, 3.63) is 12.2 Å². The van der Waals surface area contributed by atoms with E-state index in [1.165, 1.54) is 5.57 Å². The molecule has 0 radical (unpaired) electrons. The predicted octanol–water partition coefficient (Wildman–Crippen LogP) is 3.66. The number of rotatable bonds is 5. The Balaban J connectivity index is 1.60. The van der Waals surface area contributed by atoms with Crippen LogP contribution in [0.25, 0.3) is 0 Å². The maximum atomic E-state index is 11.6. The molecule has 0 aliphatic heterocycles. The van der Waals surface area contributed by atoms with Crippen molar-refractivity contribution in [1.29, 1.82) is 0 Å². The minimum absolute atomic E-state index is 0.0101. The zero-order valence-electron chi connectivity index (χ0n) is 21.4. The first-order valence-corrected chi connectivity index (χ1v) is 13.4. The van der Waals surface area contributed by atoms with Gasteiger partial charge in [-0.15, -0.1) is 0 Å². The topological polar surface area (TPSA) is 101 Å². The van der Waals surface area contributed by atoms with Crippen LogP contribution in [-0.4, -0.2) is 55.5 Å². The van der Waals surface area contributed by atoms with E-state index in [9.17, 15) is 25.5 Å². The Kier molecular flexibility index (Phi) is 6.67. The fourth-order valence-corrected chi connectivity index (χ4v) is 9.29. The summed E-state index contributed by atoms with van der Waals surface area (Å²) in [6, 6.07) is 0. The molecule has 5 nitrogen and oxygen atoms in total. The highest BCUT2D eigenvalue weighted by Crippen LogP contribution is 2.69. The number of hydrogen-bond donors (Lipinski definition) is 5. The molecule has 0 amide bonds. The second kappa shape index (κ2) is 8.58. The standard InChI is InChI=1S/C28H48O5/c1-15(2)16(3)7-8-17(4)25-22(30)13-21-19-12-24(32)28(33)14-18(29)11-23(31)27(28,6)20(19)9-10-26(21,25)5/h15,17-25,29-33H,3,7-14H2,1-2,4-6H3/t17-,18?,19-,20+,21+,22?,23?,24?,25+,26+,27+,28?/m1/s1. The molecule has 0 spiro atoms. The van der Waals surface area contributed by atoms with Gasteiger partial charge in [-0.2, -0.15) is 0 Å². The smallest absolute Gasteiger partial charge is 0.101 e. The SMILES string of the molecule is C=C(CC[C@@H](C)[C@H]1C(O)C[C@H]2[C@@H]3CC(O)C4(O)CC(O)CC(O)[C@]4(C)[C@H]3CC[C@]12C)C(C)C. The van der Waals surface area contributed by atoms with Gasteiger partial charge in [-0.3, -0.25) is 0 Å². The van der Waals surface area contributed by atoms with Gasteiger partial charge >= 0.3 is 0 Å². The van der Waals surface area contributed by atoms with Crippen LogP contribution in [0.4, 0.5) is 0 Å².